The number of nitrogens with one attached hydrogen (secondary N) is 1. The Bertz CT molecular complexity index is 933. The Morgan fingerprint density at radius 1 is 1.35 bits per heavy atom. The van der Waals surface area contributed by atoms with Gasteiger partial charge in [-0.15, -0.1) is 11.3 Å². The molecule has 3 rings (SSSR count). The Labute approximate surface area is 161 Å². The average Bonchev–Trinajstić information content (AvgIpc) is 3.22. The van der Waals surface area contributed by atoms with Gasteiger partial charge in [-0.05, 0) is 56.0 Å². The van der Waals surface area contributed by atoms with Crippen molar-refractivity contribution in [2.24, 2.45) is 0 Å². The van der Waals surface area contributed by atoms with Crippen molar-refractivity contribution in [2.75, 3.05) is 5.32 Å². The number of carbonyl (C=O) groups excluding carboxylic acids is 1. The minimum absolute atomic E-state index is 0.136. The van der Waals surface area contributed by atoms with Crippen LogP contribution >= 0.6 is 22.9 Å². The number of hydrogen-bond donors (Lipinski definition) is 1. The van der Waals surface area contributed by atoms with E-state index in [-0.39, 0.29) is 5.91 Å². The normalized spacial score (nSPS) is 10.8. The van der Waals surface area contributed by atoms with Gasteiger partial charge in [0.1, 0.15) is 12.4 Å². The maximum absolute atomic E-state index is 12.4. The Kier molecular flexibility index (Phi) is 5.64. The van der Waals surface area contributed by atoms with Gasteiger partial charge in [0.05, 0.1) is 22.5 Å². The molecular formula is C19H20ClN3O2S. The van der Waals surface area contributed by atoms with E-state index in [1.165, 1.54) is 11.3 Å². The van der Waals surface area contributed by atoms with Crippen LogP contribution in [0, 0.1) is 13.8 Å². The molecule has 0 radical (unpaired) electrons. The zero-order valence-corrected chi connectivity index (χ0v) is 16.4. The summed E-state index contributed by atoms with van der Waals surface area (Å²) < 4.78 is 7.67. The van der Waals surface area contributed by atoms with E-state index in [2.05, 4.69) is 10.4 Å². The number of ether oxygens (including phenoxy) is 1. The van der Waals surface area contributed by atoms with Gasteiger partial charge in [0.15, 0.2) is 0 Å². The first-order valence-electron chi connectivity index (χ1n) is 8.28. The highest BCUT2D eigenvalue weighted by atomic mass is 35.5. The van der Waals surface area contributed by atoms with Crippen LogP contribution in [-0.4, -0.2) is 15.7 Å². The van der Waals surface area contributed by atoms with Crippen molar-refractivity contribution in [1.82, 2.24) is 9.78 Å². The molecule has 5 nitrogen and oxygen atoms in total. The van der Waals surface area contributed by atoms with E-state index in [4.69, 9.17) is 16.3 Å². The number of aromatic nitrogens is 2. The van der Waals surface area contributed by atoms with Crippen molar-refractivity contribution in [3.63, 3.8) is 0 Å². The highest BCUT2D eigenvalue weighted by Crippen LogP contribution is 2.24. The molecule has 7 heteroatoms. The van der Waals surface area contributed by atoms with Crippen molar-refractivity contribution < 1.29 is 9.53 Å². The molecule has 136 valence electrons. The van der Waals surface area contributed by atoms with Crippen LogP contribution in [0.5, 0.6) is 5.75 Å². The molecule has 1 N–H and O–H groups in total. The molecule has 2 aromatic heterocycles. The number of anilines is 1. The van der Waals surface area contributed by atoms with Gasteiger partial charge < -0.3 is 10.1 Å². The van der Waals surface area contributed by atoms with Gasteiger partial charge in [-0.2, -0.15) is 5.10 Å². The van der Waals surface area contributed by atoms with Gasteiger partial charge in [-0.1, -0.05) is 11.6 Å². The average molecular weight is 390 g/mol. The van der Waals surface area contributed by atoms with Crippen LogP contribution in [0.15, 0.2) is 35.8 Å². The Balaban J connectivity index is 1.63. The third kappa shape index (κ3) is 4.08. The van der Waals surface area contributed by atoms with Crippen molar-refractivity contribution in [1.29, 1.82) is 0 Å². The van der Waals surface area contributed by atoms with Crippen molar-refractivity contribution >= 4 is 34.5 Å². The zero-order chi connectivity index (χ0) is 18.7. The van der Waals surface area contributed by atoms with Crippen molar-refractivity contribution in [3.05, 3.63) is 62.6 Å². The summed E-state index contributed by atoms with van der Waals surface area (Å²) in [6.45, 7) is 7.08. The van der Waals surface area contributed by atoms with Gasteiger partial charge in [0, 0.05) is 17.1 Å². The first-order valence-corrected chi connectivity index (χ1v) is 9.53. The van der Waals surface area contributed by atoms with Crippen LogP contribution in [0.4, 0.5) is 5.69 Å². The summed E-state index contributed by atoms with van der Waals surface area (Å²) in [5.74, 6) is 0.650. The van der Waals surface area contributed by atoms with Crippen LogP contribution in [-0.2, 0) is 13.2 Å². The summed E-state index contributed by atoms with van der Waals surface area (Å²) in [6.07, 6.45) is 1.68. The number of thiophene rings is 1. The Morgan fingerprint density at radius 2 is 2.15 bits per heavy atom. The topological polar surface area (TPSA) is 56.2 Å². The van der Waals surface area contributed by atoms with Crippen LogP contribution in [0.3, 0.4) is 0 Å². The second-order valence-corrected chi connectivity index (χ2v) is 7.28. The highest BCUT2D eigenvalue weighted by Gasteiger charge is 2.13. The van der Waals surface area contributed by atoms with E-state index >= 15 is 0 Å². The molecule has 1 aromatic carbocycles. The molecule has 0 atom stereocenters. The smallest absolute Gasteiger partial charge is 0.265 e. The van der Waals surface area contributed by atoms with Gasteiger partial charge in [-0.3, -0.25) is 9.48 Å². The summed E-state index contributed by atoms with van der Waals surface area (Å²) in [7, 11) is 0. The third-order valence-corrected chi connectivity index (χ3v) is 5.27. The SMILES string of the molecule is CCn1ncc(NC(=O)c2cc(COc3ccc(Cl)cc3C)cs2)c1C. The van der Waals surface area contributed by atoms with E-state index in [0.717, 1.165) is 34.8 Å². The van der Waals surface area contributed by atoms with E-state index in [0.29, 0.717) is 16.5 Å². The Morgan fingerprint density at radius 3 is 2.85 bits per heavy atom. The first kappa shape index (κ1) is 18.5. The predicted molar refractivity (Wildman–Crippen MR) is 105 cm³/mol. The number of nitrogens with zero attached hydrogens (tertiary/aromatic N) is 2. The molecular weight excluding hydrogens is 370 g/mol. The summed E-state index contributed by atoms with van der Waals surface area (Å²) in [5, 5.41) is 9.78. The molecule has 0 bridgehead atoms. The van der Waals surface area contributed by atoms with Gasteiger partial charge in [-0.25, -0.2) is 0 Å². The number of rotatable bonds is 6. The monoisotopic (exact) mass is 389 g/mol. The molecule has 0 unspecified atom stereocenters. The molecule has 0 aliphatic rings. The molecule has 1 amide bonds. The van der Waals surface area contributed by atoms with E-state index < -0.39 is 0 Å². The fourth-order valence-electron chi connectivity index (χ4n) is 2.58. The third-order valence-electron chi connectivity index (χ3n) is 4.06. The lowest BCUT2D eigenvalue weighted by molar-refractivity contribution is 0.103. The fourth-order valence-corrected chi connectivity index (χ4v) is 3.60. The minimum Gasteiger partial charge on any atom is -0.489 e. The van der Waals surface area contributed by atoms with Crippen LogP contribution in [0.1, 0.15) is 33.4 Å². The van der Waals surface area contributed by atoms with Crippen LogP contribution in [0.2, 0.25) is 5.02 Å². The number of hydrogen-bond acceptors (Lipinski definition) is 4. The van der Waals surface area contributed by atoms with Gasteiger partial charge in [0.2, 0.25) is 0 Å². The maximum atomic E-state index is 12.4. The molecule has 3 aromatic rings. The van der Waals surface area contributed by atoms with E-state index in [1.54, 1.807) is 12.3 Å². The summed E-state index contributed by atoms with van der Waals surface area (Å²) in [4.78, 5) is 13.1. The lowest BCUT2D eigenvalue weighted by atomic mass is 10.2. The van der Waals surface area contributed by atoms with Crippen LogP contribution in [0.25, 0.3) is 0 Å². The largest absolute Gasteiger partial charge is 0.489 e. The minimum atomic E-state index is -0.136. The number of carbonyl (C=O) groups is 1. The number of halogens is 1. The quantitative estimate of drug-likeness (QED) is 0.640. The van der Waals surface area contributed by atoms with E-state index in [9.17, 15) is 4.79 Å². The Hall–Kier alpha value is -2.31. The summed E-state index contributed by atoms with van der Waals surface area (Å²) >= 11 is 7.35. The lowest BCUT2D eigenvalue weighted by Crippen LogP contribution is -2.11. The zero-order valence-electron chi connectivity index (χ0n) is 14.9. The molecule has 0 aliphatic carbocycles. The molecule has 0 aliphatic heterocycles. The maximum Gasteiger partial charge on any atom is 0.265 e. The van der Waals surface area contributed by atoms with Crippen LogP contribution < -0.4 is 10.1 Å². The molecule has 0 saturated carbocycles. The summed E-state index contributed by atoms with van der Waals surface area (Å²) in [5.41, 5.74) is 3.61. The first-order chi connectivity index (χ1) is 12.5. The molecule has 26 heavy (non-hydrogen) atoms. The number of aryl methyl sites for hydroxylation is 2. The molecule has 0 saturated heterocycles. The van der Waals surface area contributed by atoms with Crippen molar-refractivity contribution in [2.45, 2.75) is 33.9 Å². The molecule has 0 fully saturated rings. The van der Waals surface area contributed by atoms with E-state index in [1.807, 2.05) is 49.0 Å². The number of benzene rings is 1. The fraction of sp³-hybridized carbons (Fsp3) is 0.263. The van der Waals surface area contributed by atoms with Crippen molar-refractivity contribution in [3.8, 4) is 5.75 Å². The second-order valence-electron chi connectivity index (χ2n) is 5.93. The number of amides is 1. The second kappa shape index (κ2) is 7.93. The molecule has 0 spiro atoms. The predicted octanol–water partition coefficient (Wildman–Crippen LogP) is 5.07. The molecule has 2 heterocycles. The standard InChI is InChI=1S/C19H20ClN3O2S/c1-4-23-13(3)16(9-21-23)22-19(24)18-8-14(11-26-18)10-25-17-6-5-15(20)7-12(17)2/h5-9,11H,4,10H2,1-3H3,(H,22,24). The summed E-state index contributed by atoms with van der Waals surface area (Å²) in [6, 6.07) is 7.37. The van der Waals surface area contributed by atoms with Gasteiger partial charge in [0.25, 0.3) is 5.91 Å². The lowest BCUT2D eigenvalue weighted by Gasteiger charge is -2.08. The highest BCUT2D eigenvalue weighted by molar-refractivity contribution is 7.12. The van der Waals surface area contributed by atoms with Gasteiger partial charge >= 0.3 is 0 Å².